The lowest BCUT2D eigenvalue weighted by Crippen LogP contribution is -2.26. The number of likely N-dealkylation sites (tertiary alicyclic amines) is 1. The minimum atomic E-state index is -0.311. The van der Waals surface area contributed by atoms with E-state index in [-0.39, 0.29) is 6.10 Å². The fourth-order valence-electron chi connectivity index (χ4n) is 2.81. The fourth-order valence-corrected chi connectivity index (χ4v) is 2.81. The van der Waals surface area contributed by atoms with E-state index in [4.69, 9.17) is 0 Å². The van der Waals surface area contributed by atoms with Crippen LogP contribution in [0.4, 0.5) is 0 Å². The molecule has 106 valence electrons. The van der Waals surface area contributed by atoms with E-state index < -0.39 is 0 Å². The number of hydrogen-bond acceptors (Lipinski definition) is 2. The smallest absolute Gasteiger partial charge is 0.0802 e. The SMILES string of the molecule is CCc1ccc(C(O)CCN2CCCCCC2)cc1. The molecule has 0 aliphatic carbocycles. The number of rotatable bonds is 5. The summed E-state index contributed by atoms with van der Waals surface area (Å²) >= 11 is 0. The monoisotopic (exact) mass is 261 g/mol. The molecular weight excluding hydrogens is 234 g/mol. The molecule has 1 atom stereocenters. The molecule has 0 spiro atoms. The maximum Gasteiger partial charge on any atom is 0.0802 e. The van der Waals surface area contributed by atoms with Crippen LogP contribution in [0.25, 0.3) is 0 Å². The molecule has 2 heteroatoms. The molecule has 1 aromatic carbocycles. The summed E-state index contributed by atoms with van der Waals surface area (Å²) in [7, 11) is 0. The van der Waals surface area contributed by atoms with Gasteiger partial charge in [0.15, 0.2) is 0 Å². The van der Waals surface area contributed by atoms with Crippen LogP contribution in [0.5, 0.6) is 0 Å². The standard InChI is InChI=1S/C17H27NO/c1-2-15-7-9-16(10-8-15)17(19)11-14-18-12-5-3-4-6-13-18/h7-10,17,19H,2-6,11-14H2,1H3. The van der Waals surface area contributed by atoms with Gasteiger partial charge in [-0.25, -0.2) is 0 Å². The van der Waals surface area contributed by atoms with Gasteiger partial charge in [-0.2, -0.15) is 0 Å². The van der Waals surface area contributed by atoms with Crippen molar-refractivity contribution < 1.29 is 5.11 Å². The Balaban J connectivity index is 1.80. The van der Waals surface area contributed by atoms with Gasteiger partial charge >= 0.3 is 0 Å². The van der Waals surface area contributed by atoms with Crippen LogP contribution in [-0.4, -0.2) is 29.6 Å². The Morgan fingerprint density at radius 2 is 1.68 bits per heavy atom. The molecule has 0 aromatic heterocycles. The molecule has 2 rings (SSSR count). The van der Waals surface area contributed by atoms with Crippen LogP contribution in [0.3, 0.4) is 0 Å². The van der Waals surface area contributed by atoms with Gasteiger partial charge in [0.1, 0.15) is 0 Å². The van der Waals surface area contributed by atoms with Crippen molar-refractivity contribution in [2.45, 2.75) is 51.6 Å². The van der Waals surface area contributed by atoms with Crippen molar-refractivity contribution in [3.8, 4) is 0 Å². The van der Waals surface area contributed by atoms with Gasteiger partial charge in [0.25, 0.3) is 0 Å². The molecule has 1 N–H and O–H groups in total. The summed E-state index contributed by atoms with van der Waals surface area (Å²) in [5.74, 6) is 0. The molecular formula is C17H27NO. The Morgan fingerprint density at radius 3 is 2.26 bits per heavy atom. The van der Waals surface area contributed by atoms with Gasteiger partial charge in [0.05, 0.1) is 6.10 Å². The number of nitrogens with zero attached hydrogens (tertiary/aromatic N) is 1. The zero-order valence-corrected chi connectivity index (χ0v) is 12.1. The summed E-state index contributed by atoms with van der Waals surface area (Å²) in [5, 5.41) is 10.3. The van der Waals surface area contributed by atoms with Crippen molar-refractivity contribution in [2.75, 3.05) is 19.6 Å². The van der Waals surface area contributed by atoms with Crippen LogP contribution in [0.2, 0.25) is 0 Å². The van der Waals surface area contributed by atoms with Crippen LogP contribution in [-0.2, 0) is 6.42 Å². The normalized spacial score (nSPS) is 19.1. The molecule has 1 aliphatic heterocycles. The number of aryl methyl sites for hydroxylation is 1. The van der Waals surface area contributed by atoms with Crippen LogP contribution in [0, 0.1) is 0 Å². The molecule has 1 fully saturated rings. The quantitative estimate of drug-likeness (QED) is 0.876. The fraction of sp³-hybridized carbons (Fsp3) is 0.647. The highest BCUT2D eigenvalue weighted by atomic mass is 16.3. The Kier molecular flexibility index (Phi) is 5.87. The van der Waals surface area contributed by atoms with E-state index in [0.29, 0.717) is 0 Å². The van der Waals surface area contributed by atoms with Gasteiger partial charge < -0.3 is 10.0 Å². The molecule has 19 heavy (non-hydrogen) atoms. The first-order valence-electron chi connectivity index (χ1n) is 7.79. The minimum Gasteiger partial charge on any atom is -0.388 e. The average molecular weight is 261 g/mol. The first-order chi connectivity index (χ1) is 9.29. The molecule has 0 saturated carbocycles. The highest BCUT2D eigenvalue weighted by Gasteiger charge is 2.12. The molecule has 1 aromatic rings. The first kappa shape index (κ1) is 14.5. The summed E-state index contributed by atoms with van der Waals surface area (Å²) in [6, 6.07) is 8.41. The summed E-state index contributed by atoms with van der Waals surface area (Å²) in [6.07, 6.45) is 6.99. The molecule has 1 aliphatic rings. The van der Waals surface area contributed by atoms with E-state index in [1.807, 2.05) is 0 Å². The van der Waals surface area contributed by atoms with Crippen LogP contribution >= 0.6 is 0 Å². The van der Waals surface area contributed by atoms with Crippen molar-refractivity contribution in [2.24, 2.45) is 0 Å². The molecule has 1 saturated heterocycles. The highest BCUT2D eigenvalue weighted by Crippen LogP contribution is 2.19. The Bertz CT molecular complexity index is 352. The van der Waals surface area contributed by atoms with Crippen molar-refractivity contribution in [1.82, 2.24) is 4.90 Å². The van der Waals surface area contributed by atoms with Crippen molar-refractivity contribution in [3.05, 3.63) is 35.4 Å². The second kappa shape index (κ2) is 7.66. The zero-order chi connectivity index (χ0) is 13.5. The topological polar surface area (TPSA) is 23.5 Å². The summed E-state index contributed by atoms with van der Waals surface area (Å²) < 4.78 is 0. The summed E-state index contributed by atoms with van der Waals surface area (Å²) in [5.41, 5.74) is 2.40. The second-order valence-corrected chi connectivity index (χ2v) is 5.66. The van der Waals surface area contributed by atoms with Crippen LogP contribution in [0.1, 0.15) is 56.3 Å². The van der Waals surface area contributed by atoms with Crippen molar-refractivity contribution in [3.63, 3.8) is 0 Å². The lowest BCUT2D eigenvalue weighted by Gasteiger charge is -2.21. The predicted molar refractivity (Wildman–Crippen MR) is 80.3 cm³/mol. The lowest BCUT2D eigenvalue weighted by atomic mass is 10.0. The molecule has 2 nitrogen and oxygen atoms in total. The number of benzene rings is 1. The van der Waals surface area contributed by atoms with E-state index in [9.17, 15) is 5.11 Å². The Morgan fingerprint density at radius 1 is 1.05 bits per heavy atom. The molecule has 0 amide bonds. The summed E-state index contributed by atoms with van der Waals surface area (Å²) in [4.78, 5) is 2.51. The van der Waals surface area contributed by atoms with Gasteiger partial charge in [-0.1, -0.05) is 44.0 Å². The van der Waals surface area contributed by atoms with E-state index in [1.54, 1.807) is 0 Å². The Hall–Kier alpha value is -0.860. The maximum atomic E-state index is 10.3. The van der Waals surface area contributed by atoms with Gasteiger partial charge in [-0.05, 0) is 49.9 Å². The second-order valence-electron chi connectivity index (χ2n) is 5.66. The summed E-state index contributed by atoms with van der Waals surface area (Å²) in [6.45, 7) is 5.60. The van der Waals surface area contributed by atoms with Gasteiger partial charge in [0.2, 0.25) is 0 Å². The third kappa shape index (κ3) is 4.63. The van der Waals surface area contributed by atoms with E-state index >= 15 is 0 Å². The molecule has 0 bridgehead atoms. The average Bonchev–Trinajstić information content (AvgIpc) is 2.73. The number of hydrogen-bond donors (Lipinski definition) is 1. The lowest BCUT2D eigenvalue weighted by molar-refractivity contribution is 0.143. The van der Waals surface area contributed by atoms with Crippen LogP contribution in [0.15, 0.2) is 24.3 Å². The van der Waals surface area contributed by atoms with Gasteiger partial charge in [0, 0.05) is 6.54 Å². The number of aliphatic hydroxyl groups excluding tert-OH is 1. The zero-order valence-electron chi connectivity index (χ0n) is 12.1. The van der Waals surface area contributed by atoms with Gasteiger partial charge in [-0.3, -0.25) is 0 Å². The molecule has 1 heterocycles. The van der Waals surface area contributed by atoms with Crippen molar-refractivity contribution in [1.29, 1.82) is 0 Å². The highest BCUT2D eigenvalue weighted by molar-refractivity contribution is 5.24. The molecule has 1 unspecified atom stereocenters. The van der Waals surface area contributed by atoms with Gasteiger partial charge in [-0.15, -0.1) is 0 Å². The van der Waals surface area contributed by atoms with Crippen LogP contribution < -0.4 is 0 Å². The first-order valence-corrected chi connectivity index (χ1v) is 7.79. The van der Waals surface area contributed by atoms with Crippen molar-refractivity contribution >= 4 is 0 Å². The Labute approximate surface area is 117 Å². The van der Waals surface area contributed by atoms with E-state index in [0.717, 1.165) is 24.9 Å². The van der Waals surface area contributed by atoms with E-state index in [1.165, 1.54) is 44.3 Å². The third-order valence-corrected chi connectivity index (χ3v) is 4.19. The predicted octanol–water partition coefficient (Wildman–Crippen LogP) is 3.55. The number of aliphatic hydroxyl groups is 1. The minimum absolute atomic E-state index is 0.311. The maximum absolute atomic E-state index is 10.3. The third-order valence-electron chi connectivity index (χ3n) is 4.19. The van der Waals surface area contributed by atoms with E-state index in [2.05, 4.69) is 36.1 Å². The molecule has 0 radical (unpaired) electrons. The largest absolute Gasteiger partial charge is 0.388 e.